The Bertz CT molecular complexity index is 377. The summed E-state index contributed by atoms with van der Waals surface area (Å²) < 4.78 is 10.2. The minimum absolute atomic E-state index is 0.439. The highest BCUT2D eigenvalue weighted by Gasteiger charge is 2.00. The first-order valence-electron chi connectivity index (χ1n) is 6.04. The fourth-order valence-corrected chi connectivity index (χ4v) is 1.43. The number of pyridine rings is 1. The number of nitrogens with zero attached hydrogens (tertiary/aromatic N) is 2. The van der Waals surface area contributed by atoms with Gasteiger partial charge in [-0.3, -0.25) is 0 Å². The predicted octanol–water partition coefficient (Wildman–Crippen LogP) is 1.81. The molecule has 1 heterocycles. The SMILES string of the molecule is COCCOCCCCNc1cccnc1C#N. The van der Waals surface area contributed by atoms with E-state index in [4.69, 9.17) is 14.7 Å². The number of hydrogen-bond acceptors (Lipinski definition) is 5. The van der Waals surface area contributed by atoms with Crippen LogP contribution in [-0.2, 0) is 9.47 Å². The Labute approximate surface area is 108 Å². The molecule has 0 unspecified atom stereocenters. The molecule has 0 aromatic carbocycles. The Morgan fingerprint density at radius 3 is 3.00 bits per heavy atom. The van der Waals surface area contributed by atoms with Crippen LogP contribution in [0.3, 0.4) is 0 Å². The lowest BCUT2D eigenvalue weighted by Crippen LogP contribution is -2.07. The molecule has 0 aliphatic carbocycles. The lowest BCUT2D eigenvalue weighted by atomic mass is 10.3. The van der Waals surface area contributed by atoms with Crippen molar-refractivity contribution in [3.8, 4) is 6.07 Å². The lowest BCUT2D eigenvalue weighted by molar-refractivity contribution is 0.0691. The normalized spacial score (nSPS) is 10.0. The van der Waals surface area contributed by atoms with Crippen molar-refractivity contribution in [3.05, 3.63) is 24.0 Å². The van der Waals surface area contributed by atoms with Crippen LogP contribution in [0.25, 0.3) is 0 Å². The number of rotatable bonds is 9. The smallest absolute Gasteiger partial charge is 0.163 e. The summed E-state index contributed by atoms with van der Waals surface area (Å²) in [5.74, 6) is 0. The van der Waals surface area contributed by atoms with Crippen LogP contribution in [0.2, 0.25) is 0 Å². The Kier molecular flexibility index (Phi) is 7.53. The number of hydrogen-bond donors (Lipinski definition) is 1. The van der Waals surface area contributed by atoms with Crippen LogP contribution in [-0.4, -0.2) is 38.5 Å². The Hall–Kier alpha value is -1.64. The second-order valence-corrected chi connectivity index (χ2v) is 3.75. The summed E-state index contributed by atoms with van der Waals surface area (Å²) in [6.45, 7) is 2.84. The van der Waals surface area contributed by atoms with Crippen molar-refractivity contribution >= 4 is 5.69 Å². The molecule has 0 radical (unpaired) electrons. The van der Waals surface area contributed by atoms with Gasteiger partial charge in [0.2, 0.25) is 0 Å². The molecule has 0 fully saturated rings. The van der Waals surface area contributed by atoms with Gasteiger partial charge in [-0.1, -0.05) is 0 Å². The number of nitriles is 1. The quantitative estimate of drug-likeness (QED) is 0.676. The predicted molar refractivity (Wildman–Crippen MR) is 69.4 cm³/mol. The van der Waals surface area contributed by atoms with Crippen molar-refractivity contribution in [3.63, 3.8) is 0 Å². The second kappa shape index (κ2) is 9.40. The maximum absolute atomic E-state index is 8.86. The van der Waals surface area contributed by atoms with Crippen molar-refractivity contribution in [1.29, 1.82) is 5.26 Å². The molecule has 1 aromatic rings. The van der Waals surface area contributed by atoms with E-state index < -0.39 is 0 Å². The number of unbranched alkanes of at least 4 members (excludes halogenated alkanes) is 1. The third-order valence-corrected chi connectivity index (χ3v) is 2.38. The van der Waals surface area contributed by atoms with Crippen LogP contribution in [0.15, 0.2) is 18.3 Å². The van der Waals surface area contributed by atoms with Gasteiger partial charge in [0.15, 0.2) is 5.69 Å². The zero-order valence-electron chi connectivity index (χ0n) is 10.7. The van der Waals surface area contributed by atoms with E-state index in [-0.39, 0.29) is 0 Å². The third-order valence-electron chi connectivity index (χ3n) is 2.38. The maximum Gasteiger partial charge on any atom is 0.163 e. The minimum Gasteiger partial charge on any atom is -0.383 e. The average Bonchev–Trinajstić information content (AvgIpc) is 2.42. The molecular weight excluding hydrogens is 230 g/mol. The molecule has 5 heteroatoms. The van der Waals surface area contributed by atoms with Gasteiger partial charge >= 0.3 is 0 Å². The summed E-state index contributed by atoms with van der Waals surface area (Å²) in [6.07, 6.45) is 3.60. The maximum atomic E-state index is 8.86. The summed E-state index contributed by atoms with van der Waals surface area (Å²) in [4.78, 5) is 3.98. The molecule has 0 spiro atoms. The van der Waals surface area contributed by atoms with E-state index >= 15 is 0 Å². The van der Waals surface area contributed by atoms with Gasteiger partial charge in [-0.05, 0) is 25.0 Å². The number of anilines is 1. The largest absolute Gasteiger partial charge is 0.383 e. The van der Waals surface area contributed by atoms with Crippen LogP contribution in [0.5, 0.6) is 0 Å². The molecule has 0 atom stereocenters. The van der Waals surface area contributed by atoms with Gasteiger partial charge in [0.05, 0.1) is 18.9 Å². The highest BCUT2D eigenvalue weighted by molar-refractivity contribution is 5.53. The number of aromatic nitrogens is 1. The molecule has 5 nitrogen and oxygen atoms in total. The Morgan fingerprint density at radius 2 is 2.22 bits per heavy atom. The standard InChI is InChI=1S/C13H19N3O2/c1-17-9-10-18-8-3-2-6-15-12-5-4-7-16-13(12)11-14/h4-5,7,15H,2-3,6,8-10H2,1H3. The van der Waals surface area contributed by atoms with Gasteiger partial charge in [-0.2, -0.15) is 5.26 Å². The summed E-state index contributed by atoms with van der Waals surface area (Å²) in [6, 6.07) is 5.74. The van der Waals surface area contributed by atoms with Crippen LogP contribution in [0.1, 0.15) is 18.5 Å². The van der Waals surface area contributed by atoms with E-state index in [2.05, 4.69) is 16.4 Å². The average molecular weight is 249 g/mol. The Balaban J connectivity index is 2.09. The van der Waals surface area contributed by atoms with Gasteiger partial charge in [0.1, 0.15) is 6.07 Å². The van der Waals surface area contributed by atoms with Crippen LogP contribution >= 0.6 is 0 Å². The number of ether oxygens (including phenoxy) is 2. The van der Waals surface area contributed by atoms with Gasteiger partial charge in [0, 0.05) is 26.5 Å². The Morgan fingerprint density at radius 1 is 1.33 bits per heavy atom. The summed E-state index contributed by atoms with van der Waals surface area (Å²) >= 11 is 0. The molecule has 1 aromatic heterocycles. The number of nitrogens with one attached hydrogen (secondary N) is 1. The zero-order chi connectivity index (χ0) is 13.1. The molecule has 0 saturated carbocycles. The fourth-order valence-electron chi connectivity index (χ4n) is 1.43. The first kappa shape index (κ1) is 14.4. The first-order valence-corrected chi connectivity index (χ1v) is 6.04. The molecule has 1 rings (SSSR count). The number of methoxy groups -OCH3 is 1. The van der Waals surface area contributed by atoms with E-state index in [0.29, 0.717) is 18.9 Å². The topological polar surface area (TPSA) is 67.2 Å². The molecule has 0 aliphatic heterocycles. The van der Waals surface area contributed by atoms with E-state index in [1.165, 1.54) is 0 Å². The molecule has 18 heavy (non-hydrogen) atoms. The van der Waals surface area contributed by atoms with Gasteiger partial charge in [-0.15, -0.1) is 0 Å². The van der Waals surface area contributed by atoms with Crippen molar-refractivity contribution in [2.24, 2.45) is 0 Å². The van der Waals surface area contributed by atoms with Gasteiger partial charge in [0.25, 0.3) is 0 Å². The van der Waals surface area contributed by atoms with E-state index in [9.17, 15) is 0 Å². The van der Waals surface area contributed by atoms with Crippen molar-refractivity contribution in [1.82, 2.24) is 4.98 Å². The molecule has 0 aliphatic rings. The first-order chi connectivity index (χ1) is 8.88. The zero-order valence-corrected chi connectivity index (χ0v) is 10.7. The van der Waals surface area contributed by atoms with Crippen LogP contribution in [0.4, 0.5) is 5.69 Å². The van der Waals surface area contributed by atoms with Crippen molar-refractivity contribution in [2.45, 2.75) is 12.8 Å². The molecule has 1 N–H and O–H groups in total. The summed E-state index contributed by atoms with van der Waals surface area (Å²) in [5, 5.41) is 12.1. The highest BCUT2D eigenvalue weighted by atomic mass is 16.5. The molecule has 0 saturated heterocycles. The second-order valence-electron chi connectivity index (χ2n) is 3.75. The minimum atomic E-state index is 0.439. The van der Waals surface area contributed by atoms with Crippen molar-refractivity contribution < 1.29 is 9.47 Å². The van der Waals surface area contributed by atoms with Crippen molar-refractivity contribution in [2.75, 3.05) is 38.8 Å². The van der Waals surface area contributed by atoms with Crippen LogP contribution in [0, 0.1) is 11.3 Å². The van der Waals surface area contributed by atoms with Gasteiger partial charge in [-0.25, -0.2) is 4.98 Å². The van der Waals surface area contributed by atoms with Gasteiger partial charge < -0.3 is 14.8 Å². The summed E-state index contributed by atoms with van der Waals surface area (Å²) in [5.41, 5.74) is 1.23. The molecule has 0 bridgehead atoms. The molecular formula is C13H19N3O2. The van der Waals surface area contributed by atoms with E-state index in [1.54, 1.807) is 13.3 Å². The monoisotopic (exact) mass is 249 g/mol. The fraction of sp³-hybridized carbons (Fsp3) is 0.538. The third kappa shape index (κ3) is 5.62. The lowest BCUT2D eigenvalue weighted by Gasteiger charge is -2.07. The van der Waals surface area contributed by atoms with E-state index in [1.807, 2.05) is 12.1 Å². The highest BCUT2D eigenvalue weighted by Crippen LogP contribution is 2.10. The molecule has 0 amide bonds. The van der Waals surface area contributed by atoms with Crippen LogP contribution < -0.4 is 5.32 Å². The van der Waals surface area contributed by atoms with E-state index in [0.717, 1.165) is 31.7 Å². The summed E-state index contributed by atoms with van der Waals surface area (Å²) in [7, 11) is 1.66. The molecule has 98 valence electrons.